The summed E-state index contributed by atoms with van der Waals surface area (Å²) in [7, 11) is 1.61. The molecule has 0 aliphatic rings. The number of hydrogen-bond acceptors (Lipinski definition) is 7. The zero-order chi connectivity index (χ0) is 22.7. The van der Waals surface area contributed by atoms with Crippen LogP contribution in [0.2, 0.25) is 5.02 Å². The van der Waals surface area contributed by atoms with E-state index in [0.717, 1.165) is 11.3 Å². The number of carbonyl (C=O) groups excluding carboxylic acids is 1. The van der Waals surface area contributed by atoms with Crippen molar-refractivity contribution in [3.8, 4) is 22.8 Å². The smallest absolute Gasteiger partial charge is 0.240 e. The standard InChI is InChI=1S/C22H20ClN5O3S/c1-13-11-19(31-27-13)24-21(29)14(2)32-22-26-25-20(15-5-4-6-18(12-15)30-3)28(22)17-9-7-16(23)8-10-17/h4-12,14H,1-3H3,(H,24,29). The quantitative estimate of drug-likeness (QED) is 0.380. The van der Waals surface area contributed by atoms with Gasteiger partial charge in [0.05, 0.1) is 18.1 Å². The number of thioether (sulfide) groups is 1. The Morgan fingerprint density at radius 3 is 2.66 bits per heavy atom. The van der Waals surface area contributed by atoms with E-state index >= 15 is 0 Å². The Morgan fingerprint density at radius 1 is 1.19 bits per heavy atom. The number of ether oxygens (including phenoxy) is 1. The molecule has 2 aromatic carbocycles. The average Bonchev–Trinajstić information content (AvgIpc) is 3.40. The minimum Gasteiger partial charge on any atom is -0.497 e. The Balaban J connectivity index is 1.67. The predicted octanol–water partition coefficient (Wildman–Crippen LogP) is 5.01. The summed E-state index contributed by atoms with van der Waals surface area (Å²) in [5, 5.41) is 16.0. The number of hydrogen-bond donors (Lipinski definition) is 1. The molecular weight excluding hydrogens is 450 g/mol. The summed E-state index contributed by atoms with van der Waals surface area (Å²) in [6.07, 6.45) is 0. The molecule has 0 bridgehead atoms. The van der Waals surface area contributed by atoms with Gasteiger partial charge in [0.15, 0.2) is 11.0 Å². The molecule has 4 rings (SSSR count). The van der Waals surface area contributed by atoms with Gasteiger partial charge in [-0.25, -0.2) is 0 Å². The number of anilines is 1. The molecule has 0 radical (unpaired) electrons. The molecule has 2 aromatic heterocycles. The molecule has 164 valence electrons. The first-order valence-electron chi connectivity index (χ1n) is 9.71. The van der Waals surface area contributed by atoms with E-state index in [2.05, 4.69) is 20.7 Å². The Labute approximate surface area is 193 Å². The summed E-state index contributed by atoms with van der Waals surface area (Å²) in [5.74, 6) is 1.39. The van der Waals surface area contributed by atoms with E-state index in [4.69, 9.17) is 20.9 Å². The molecular formula is C22H20ClN5O3S. The molecule has 0 saturated heterocycles. The lowest BCUT2D eigenvalue weighted by atomic mass is 10.2. The summed E-state index contributed by atoms with van der Waals surface area (Å²) in [6.45, 7) is 3.57. The van der Waals surface area contributed by atoms with Gasteiger partial charge in [-0.15, -0.1) is 10.2 Å². The molecule has 1 N–H and O–H groups in total. The maximum atomic E-state index is 12.7. The van der Waals surface area contributed by atoms with Crippen LogP contribution in [-0.2, 0) is 4.79 Å². The summed E-state index contributed by atoms with van der Waals surface area (Å²) in [5.41, 5.74) is 2.33. The molecule has 1 atom stereocenters. The molecule has 1 amide bonds. The summed E-state index contributed by atoms with van der Waals surface area (Å²) >= 11 is 7.36. The first-order chi connectivity index (χ1) is 15.4. The number of methoxy groups -OCH3 is 1. The maximum absolute atomic E-state index is 12.7. The highest BCUT2D eigenvalue weighted by Crippen LogP contribution is 2.32. The van der Waals surface area contributed by atoms with Gasteiger partial charge in [0, 0.05) is 22.3 Å². The van der Waals surface area contributed by atoms with Crippen LogP contribution in [0.4, 0.5) is 5.88 Å². The van der Waals surface area contributed by atoms with E-state index in [1.165, 1.54) is 11.8 Å². The number of nitrogens with zero attached hydrogens (tertiary/aromatic N) is 4. The fraction of sp³-hybridized carbons (Fsp3) is 0.182. The van der Waals surface area contributed by atoms with Gasteiger partial charge in [-0.1, -0.05) is 40.7 Å². The Bertz CT molecular complexity index is 1240. The molecule has 4 aromatic rings. The largest absolute Gasteiger partial charge is 0.497 e. The Kier molecular flexibility index (Phi) is 6.48. The third kappa shape index (κ3) is 4.79. The fourth-order valence-electron chi connectivity index (χ4n) is 2.98. The highest BCUT2D eigenvalue weighted by Gasteiger charge is 2.23. The molecule has 32 heavy (non-hydrogen) atoms. The highest BCUT2D eigenvalue weighted by molar-refractivity contribution is 8.00. The minimum atomic E-state index is -0.478. The van der Waals surface area contributed by atoms with Crippen LogP contribution in [0.15, 0.2) is 64.3 Å². The van der Waals surface area contributed by atoms with Crippen LogP contribution in [0.1, 0.15) is 12.6 Å². The molecule has 0 aliphatic heterocycles. The second-order valence-electron chi connectivity index (χ2n) is 6.93. The number of aryl methyl sites for hydroxylation is 1. The summed E-state index contributed by atoms with van der Waals surface area (Å²) < 4.78 is 12.3. The summed E-state index contributed by atoms with van der Waals surface area (Å²) in [6, 6.07) is 16.6. The van der Waals surface area contributed by atoms with Crippen molar-refractivity contribution < 1.29 is 14.1 Å². The normalized spacial score (nSPS) is 11.9. The van der Waals surface area contributed by atoms with E-state index < -0.39 is 5.25 Å². The van der Waals surface area contributed by atoms with E-state index in [-0.39, 0.29) is 5.91 Å². The lowest BCUT2D eigenvalue weighted by molar-refractivity contribution is -0.115. The number of aromatic nitrogens is 4. The van der Waals surface area contributed by atoms with Gasteiger partial charge in [0.2, 0.25) is 11.8 Å². The van der Waals surface area contributed by atoms with Crippen LogP contribution in [0.5, 0.6) is 5.75 Å². The van der Waals surface area contributed by atoms with Crippen molar-refractivity contribution in [3.63, 3.8) is 0 Å². The van der Waals surface area contributed by atoms with E-state index in [9.17, 15) is 4.79 Å². The number of amides is 1. The molecule has 1 unspecified atom stereocenters. The number of benzene rings is 2. The first-order valence-corrected chi connectivity index (χ1v) is 11.0. The van der Waals surface area contributed by atoms with Crippen LogP contribution >= 0.6 is 23.4 Å². The van der Waals surface area contributed by atoms with Gasteiger partial charge in [-0.05, 0) is 50.2 Å². The van der Waals surface area contributed by atoms with E-state index in [0.29, 0.717) is 33.3 Å². The van der Waals surface area contributed by atoms with Gasteiger partial charge in [0.1, 0.15) is 5.75 Å². The number of halogens is 1. The van der Waals surface area contributed by atoms with E-state index in [1.807, 2.05) is 41.0 Å². The van der Waals surface area contributed by atoms with Crippen LogP contribution in [-0.4, -0.2) is 38.2 Å². The van der Waals surface area contributed by atoms with Crippen LogP contribution < -0.4 is 10.1 Å². The highest BCUT2D eigenvalue weighted by atomic mass is 35.5. The van der Waals surface area contributed by atoms with Gasteiger partial charge >= 0.3 is 0 Å². The van der Waals surface area contributed by atoms with Crippen LogP contribution in [0.25, 0.3) is 17.1 Å². The van der Waals surface area contributed by atoms with Gasteiger partial charge < -0.3 is 9.26 Å². The van der Waals surface area contributed by atoms with Crippen molar-refractivity contribution >= 4 is 35.2 Å². The van der Waals surface area contributed by atoms with Gasteiger partial charge in [0.25, 0.3) is 0 Å². The third-order valence-electron chi connectivity index (χ3n) is 4.57. The second-order valence-corrected chi connectivity index (χ2v) is 8.68. The number of carbonyl (C=O) groups is 1. The number of rotatable bonds is 7. The van der Waals surface area contributed by atoms with Crippen molar-refractivity contribution in [2.75, 3.05) is 12.4 Å². The van der Waals surface area contributed by atoms with Crippen molar-refractivity contribution in [1.29, 1.82) is 0 Å². The third-order valence-corrected chi connectivity index (χ3v) is 5.87. The fourth-order valence-corrected chi connectivity index (χ4v) is 3.97. The molecule has 2 heterocycles. The Hall–Kier alpha value is -3.30. The summed E-state index contributed by atoms with van der Waals surface area (Å²) in [4.78, 5) is 12.7. The zero-order valence-electron chi connectivity index (χ0n) is 17.6. The monoisotopic (exact) mass is 469 g/mol. The van der Waals surface area contributed by atoms with Crippen LogP contribution in [0, 0.1) is 6.92 Å². The molecule has 0 fully saturated rings. The van der Waals surface area contributed by atoms with Gasteiger partial charge in [-0.2, -0.15) is 0 Å². The van der Waals surface area contributed by atoms with E-state index in [1.54, 1.807) is 39.2 Å². The molecule has 8 nitrogen and oxygen atoms in total. The molecule has 0 spiro atoms. The number of nitrogens with one attached hydrogen (secondary N) is 1. The van der Waals surface area contributed by atoms with Crippen molar-refractivity contribution in [1.82, 2.24) is 19.9 Å². The first kappa shape index (κ1) is 21.9. The molecule has 0 saturated carbocycles. The maximum Gasteiger partial charge on any atom is 0.240 e. The van der Waals surface area contributed by atoms with Crippen molar-refractivity contribution in [3.05, 3.63) is 65.3 Å². The average molecular weight is 470 g/mol. The van der Waals surface area contributed by atoms with Gasteiger partial charge in [-0.3, -0.25) is 14.7 Å². The van der Waals surface area contributed by atoms with Crippen LogP contribution in [0.3, 0.4) is 0 Å². The lowest BCUT2D eigenvalue weighted by Gasteiger charge is -2.13. The SMILES string of the molecule is COc1cccc(-c2nnc(SC(C)C(=O)Nc3cc(C)no3)n2-c2ccc(Cl)cc2)c1. The topological polar surface area (TPSA) is 95.1 Å². The second kappa shape index (κ2) is 9.46. The predicted molar refractivity (Wildman–Crippen MR) is 124 cm³/mol. The minimum absolute atomic E-state index is 0.236. The lowest BCUT2D eigenvalue weighted by Crippen LogP contribution is -2.22. The Morgan fingerprint density at radius 2 is 1.97 bits per heavy atom. The van der Waals surface area contributed by atoms with Crippen molar-refractivity contribution in [2.45, 2.75) is 24.3 Å². The zero-order valence-corrected chi connectivity index (χ0v) is 19.1. The molecule has 10 heteroatoms. The van der Waals surface area contributed by atoms with Crippen molar-refractivity contribution in [2.24, 2.45) is 0 Å². The molecule has 0 aliphatic carbocycles.